The lowest BCUT2D eigenvalue weighted by Crippen LogP contribution is -2.41. The number of likely N-dealkylation sites (tertiary alicyclic amines) is 1. The molecule has 1 aliphatic rings. The Kier molecular flexibility index (Phi) is 5.61. The standard InChI is InChI=1S/C19H22ClN3O3/c1-13-7-6-10-22(11-13)16(24)12-26-19(25)17-14(2)21-23(18(17)20)15-8-4-3-5-9-15/h3-5,8-9,13H,6-7,10-12H2,1-2H3/t13-/m1/s1. The van der Waals surface area contributed by atoms with Gasteiger partial charge in [0.1, 0.15) is 10.7 Å². The van der Waals surface area contributed by atoms with Crippen molar-refractivity contribution in [3.63, 3.8) is 0 Å². The van der Waals surface area contributed by atoms with Gasteiger partial charge >= 0.3 is 5.97 Å². The molecule has 0 aliphatic carbocycles. The number of aromatic nitrogens is 2. The second kappa shape index (κ2) is 7.91. The van der Waals surface area contributed by atoms with Gasteiger partial charge in [-0.3, -0.25) is 4.79 Å². The van der Waals surface area contributed by atoms with Gasteiger partial charge in [0.05, 0.1) is 11.4 Å². The van der Waals surface area contributed by atoms with E-state index >= 15 is 0 Å². The lowest BCUT2D eigenvalue weighted by molar-refractivity contribution is -0.136. The first kappa shape index (κ1) is 18.5. The average Bonchev–Trinajstić information content (AvgIpc) is 2.94. The van der Waals surface area contributed by atoms with Crippen LogP contribution in [0.25, 0.3) is 5.69 Å². The maximum atomic E-state index is 12.5. The van der Waals surface area contributed by atoms with Gasteiger partial charge in [0.15, 0.2) is 6.61 Å². The molecule has 1 aromatic heterocycles. The highest BCUT2D eigenvalue weighted by Crippen LogP contribution is 2.24. The summed E-state index contributed by atoms with van der Waals surface area (Å²) in [6.07, 6.45) is 2.10. The van der Waals surface area contributed by atoms with Crippen LogP contribution in [-0.2, 0) is 9.53 Å². The number of amides is 1. The van der Waals surface area contributed by atoms with Crippen LogP contribution < -0.4 is 0 Å². The quantitative estimate of drug-likeness (QED) is 0.769. The first-order valence-corrected chi connectivity index (χ1v) is 9.10. The van der Waals surface area contributed by atoms with Crippen LogP contribution in [0.1, 0.15) is 35.8 Å². The number of hydrogen-bond acceptors (Lipinski definition) is 4. The van der Waals surface area contributed by atoms with Gasteiger partial charge in [-0.05, 0) is 37.8 Å². The SMILES string of the molecule is Cc1nn(-c2ccccc2)c(Cl)c1C(=O)OCC(=O)N1CCC[C@@H](C)C1. The zero-order valence-electron chi connectivity index (χ0n) is 14.9. The van der Waals surface area contributed by atoms with E-state index in [2.05, 4.69) is 12.0 Å². The molecule has 2 aromatic rings. The number of benzene rings is 1. The largest absolute Gasteiger partial charge is 0.452 e. The Hall–Kier alpha value is -2.34. The van der Waals surface area contributed by atoms with Crippen molar-refractivity contribution in [1.29, 1.82) is 0 Å². The fourth-order valence-corrected chi connectivity index (χ4v) is 3.53. The predicted octanol–water partition coefficient (Wildman–Crippen LogP) is 3.25. The zero-order chi connectivity index (χ0) is 18.7. The molecule has 26 heavy (non-hydrogen) atoms. The third-order valence-electron chi connectivity index (χ3n) is 4.55. The summed E-state index contributed by atoms with van der Waals surface area (Å²) in [6, 6.07) is 9.29. The fourth-order valence-electron chi connectivity index (χ4n) is 3.18. The van der Waals surface area contributed by atoms with Crippen molar-refractivity contribution in [2.45, 2.75) is 26.7 Å². The van der Waals surface area contributed by atoms with Crippen LogP contribution in [0.5, 0.6) is 0 Å². The number of nitrogens with zero attached hydrogens (tertiary/aromatic N) is 3. The van der Waals surface area contributed by atoms with Gasteiger partial charge < -0.3 is 9.64 Å². The van der Waals surface area contributed by atoms with Crippen LogP contribution in [0.2, 0.25) is 5.15 Å². The number of para-hydroxylation sites is 1. The molecule has 1 amide bonds. The van der Waals surface area contributed by atoms with Crippen LogP contribution in [0.15, 0.2) is 30.3 Å². The van der Waals surface area contributed by atoms with E-state index in [-0.39, 0.29) is 23.2 Å². The van der Waals surface area contributed by atoms with Gasteiger partial charge in [-0.2, -0.15) is 5.10 Å². The molecule has 0 spiro atoms. The van der Waals surface area contributed by atoms with E-state index in [0.717, 1.165) is 18.5 Å². The Bertz CT molecular complexity index is 804. The van der Waals surface area contributed by atoms with Gasteiger partial charge in [0, 0.05) is 13.1 Å². The van der Waals surface area contributed by atoms with Crippen molar-refractivity contribution in [1.82, 2.24) is 14.7 Å². The molecule has 6 nitrogen and oxygen atoms in total. The number of esters is 1. The molecule has 0 unspecified atom stereocenters. The van der Waals surface area contributed by atoms with Gasteiger partial charge in [-0.15, -0.1) is 0 Å². The Morgan fingerprint density at radius 3 is 2.73 bits per heavy atom. The van der Waals surface area contributed by atoms with Gasteiger partial charge in [0.2, 0.25) is 0 Å². The Morgan fingerprint density at radius 1 is 1.31 bits per heavy atom. The molecule has 1 aromatic carbocycles. The van der Waals surface area contributed by atoms with Crippen molar-refractivity contribution in [3.8, 4) is 5.69 Å². The van der Waals surface area contributed by atoms with E-state index in [1.165, 1.54) is 4.68 Å². The highest BCUT2D eigenvalue weighted by atomic mass is 35.5. The molecule has 3 rings (SSSR count). The number of carbonyl (C=O) groups excluding carboxylic acids is 2. The minimum absolute atomic E-state index is 0.172. The van der Waals surface area contributed by atoms with Crippen LogP contribution in [0.3, 0.4) is 0 Å². The summed E-state index contributed by atoms with van der Waals surface area (Å²) >= 11 is 6.35. The molecule has 1 atom stereocenters. The number of rotatable bonds is 4. The third kappa shape index (κ3) is 3.90. The van der Waals surface area contributed by atoms with E-state index in [1.54, 1.807) is 11.8 Å². The van der Waals surface area contributed by atoms with E-state index in [1.807, 2.05) is 30.3 Å². The van der Waals surface area contributed by atoms with Gasteiger partial charge in [0.25, 0.3) is 5.91 Å². The summed E-state index contributed by atoms with van der Waals surface area (Å²) in [5.74, 6) is -0.327. The molecule has 1 fully saturated rings. The average molecular weight is 376 g/mol. The topological polar surface area (TPSA) is 64.4 Å². The summed E-state index contributed by atoms with van der Waals surface area (Å²) in [7, 11) is 0. The lowest BCUT2D eigenvalue weighted by Gasteiger charge is -2.30. The summed E-state index contributed by atoms with van der Waals surface area (Å²) in [4.78, 5) is 26.5. The van der Waals surface area contributed by atoms with Crippen molar-refractivity contribution >= 4 is 23.5 Å². The number of halogens is 1. The first-order valence-electron chi connectivity index (χ1n) is 8.72. The van der Waals surface area contributed by atoms with Crippen LogP contribution in [0.4, 0.5) is 0 Å². The van der Waals surface area contributed by atoms with Gasteiger partial charge in [-0.25, -0.2) is 9.48 Å². The minimum Gasteiger partial charge on any atom is -0.452 e. The van der Waals surface area contributed by atoms with Crippen molar-refractivity contribution in [3.05, 3.63) is 46.7 Å². The highest BCUT2D eigenvalue weighted by molar-refractivity contribution is 6.33. The number of aryl methyl sites for hydroxylation is 1. The van der Waals surface area contributed by atoms with Crippen LogP contribution in [-0.4, -0.2) is 46.3 Å². The summed E-state index contributed by atoms with van der Waals surface area (Å²) < 4.78 is 6.71. The molecule has 0 bridgehead atoms. The monoisotopic (exact) mass is 375 g/mol. The smallest absolute Gasteiger partial charge is 0.343 e. The first-order chi connectivity index (χ1) is 12.5. The van der Waals surface area contributed by atoms with Crippen molar-refractivity contribution in [2.24, 2.45) is 5.92 Å². The predicted molar refractivity (Wildman–Crippen MR) is 98.6 cm³/mol. The number of piperidine rings is 1. The van der Waals surface area contributed by atoms with Crippen molar-refractivity contribution in [2.75, 3.05) is 19.7 Å². The van der Waals surface area contributed by atoms with E-state index in [0.29, 0.717) is 24.7 Å². The van der Waals surface area contributed by atoms with E-state index in [4.69, 9.17) is 16.3 Å². The van der Waals surface area contributed by atoms with E-state index in [9.17, 15) is 9.59 Å². The molecule has 1 saturated heterocycles. The number of ether oxygens (including phenoxy) is 1. The fraction of sp³-hybridized carbons (Fsp3) is 0.421. The van der Waals surface area contributed by atoms with Crippen LogP contribution >= 0.6 is 11.6 Å². The molecule has 138 valence electrons. The van der Waals surface area contributed by atoms with Crippen LogP contribution in [0, 0.1) is 12.8 Å². The third-order valence-corrected chi connectivity index (χ3v) is 4.89. The van der Waals surface area contributed by atoms with Gasteiger partial charge in [-0.1, -0.05) is 36.7 Å². The molecular weight excluding hydrogens is 354 g/mol. The van der Waals surface area contributed by atoms with Crippen molar-refractivity contribution < 1.29 is 14.3 Å². The second-order valence-corrected chi connectivity index (χ2v) is 7.02. The summed E-state index contributed by atoms with van der Waals surface area (Å²) in [5, 5.41) is 4.50. The second-order valence-electron chi connectivity index (χ2n) is 6.66. The molecule has 0 saturated carbocycles. The Morgan fingerprint density at radius 2 is 2.04 bits per heavy atom. The Labute approximate surface area is 157 Å². The molecule has 1 aliphatic heterocycles. The maximum Gasteiger partial charge on any atom is 0.343 e. The summed E-state index contributed by atoms with van der Waals surface area (Å²) in [6.45, 7) is 4.95. The summed E-state index contributed by atoms with van der Waals surface area (Å²) in [5.41, 5.74) is 1.40. The molecule has 7 heteroatoms. The normalized spacial score (nSPS) is 17.2. The lowest BCUT2D eigenvalue weighted by atomic mass is 10.0. The zero-order valence-corrected chi connectivity index (χ0v) is 15.7. The maximum absolute atomic E-state index is 12.5. The Balaban J connectivity index is 1.68. The minimum atomic E-state index is -0.631. The molecule has 0 radical (unpaired) electrons. The molecular formula is C19H22ClN3O3. The molecule has 0 N–H and O–H groups in total. The number of hydrogen-bond donors (Lipinski definition) is 0. The molecule has 2 heterocycles. The van der Waals surface area contributed by atoms with E-state index < -0.39 is 5.97 Å². The number of carbonyl (C=O) groups is 2. The highest BCUT2D eigenvalue weighted by Gasteiger charge is 2.25.